The van der Waals surface area contributed by atoms with E-state index in [4.69, 9.17) is 9.47 Å². The summed E-state index contributed by atoms with van der Waals surface area (Å²) in [4.78, 5) is 13.6. The molecule has 5 nitrogen and oxygen atoms in total. The van der Waals surface area contributed by atoms with E-state index < -0.39 is 12.0 Å². The standard InChI is InChI=1S/C25H33NO4/c1-20(29-18-15-23(25(27)28)26-16-7-8-17-26)19-30-24-12-6-5-11-22(24)14-13-21-9-3-2-4-10-21/h2-6,9-12,20,23H,7-8,13-19H2,1H3,(H,27,28). The minimum absolute atomic E-state index is 0.0970. The van der Waals surface area contributed by atoms with E-state index in [0.29, 0.717) is 19.6 Å². The number of para-hydroxylation sites is 1. The second kappa shape index (κ2) is 11.7. The average molecular weight is 412 g/mol. The molecule has 1 saturated heterocycles. The molecule has 5 heteroatoms. The zero-order valence-electron chi connectivity index (χ0n) is 17.8. The number of carboxylic acids is 1. The van der Waals surface area contributed by atoms with E-state index in [1.165, 1.54) is 11.1 Å². The molecule has 0 bridgehead atoms. The highest BCUT2D eigenvalue weighted by Gasteiger charge is 2.27. The largest absolute Gasteiger partial charge is 0.491 e. The van der Waals surface area contributed by atoms with Crippen LogP contribution in [0.1, 0.15) is 37.3 Å². The first-order valence-corrected chi connectivity index (χ1v) is 11.0. The quantitative estimate of drug-likeness (QED) is 0.567. The monoisotopic (exact) mass is 411 g/mol. The summed E-state index contributed by atoms with van der Waals surface area (Å²) in [7, 11) is 0. The SMILES string of the molecule is CC(COc1ccccc1CCc1ccccc1)OCCC(C(=O)O)N1CCCC1. The Labute approximate surface area is 179 Å². The molecule has 1 aliphatic rings. The van der Waals surface area contributed by atoms with Crippen molar-refractivity contribution < 1.29 is 19.4 Å². The second-order valence-corrected chi connectivity index (χ2v) is 7.97. The van der Waals surface area contributed by atoms with Crippen molar-refractivity contribution in [3.05, 3.63) is 65.7 Å². The topological polar surface area (TPSA) is 59.0 Å². The Hall–Kier alpha value is -2.37. The summed E-state index contributed by atoms with van der Waals surface area (Å²) in [6, 6.07) is 18.1. The number of likely N-dealkylation sites (tertiary alicyclic amines) is 1. The Morgan fingerprint density at radius 2 is 1.73 bits per heavy atom. The predicted molar refractivity (Wildman–Crippen MR) is 118 cm³/mol. The van der Waals surface area contributed by atoms with Crippen LogP contribution in [0.4, 0.5) is 0 Å². The summed E-state index contributed by atoms with van der Waals surface area (Å²) in [6.07, 6.45) is 4.47. The van der Waals surface area contributed by atoms with Crippen LogP contribution < -0.4 is 4.74 Å². The third-order valence-corrected chi connectivity index (χ3v) is 5.63. The molecule has 2 aromatic rings. The summed E-state index contributed by atoms with van der Waals surface area (Å²) < 4.78 is 11.9. The maximum atomic E-state index is 11.6. The van der Waals surface area contributed by atoms with E-state index in [1.54, 1.807) is 0 Å². The Bertz CT molecular complexity index is 774. The lowest BCUT2D eigenvalue weighted by molar-refractivity contribution is -0.143. The van der Waals surface area contributed by atoms with Crippen LogP contribution in [0.25, 0.3) is 0 Å². The first-order chi connectivity index (χ1) is 14.6. The van der Waals surface area contributed by atoms with Crippen LogP contribution in [0.2, 0.25) is 0 Å². The van der Waals surface area contributed by atoms with Crippen molar-refractivity contribution in [3.63, 3.8) is 0 Å². The molecular formula is C25H33NO4. The lowest BCUT2D eigenvalue weighted by Gasteiger charge is -2.24. The van der Waals surface area contributed by atoms with E-state index in [1.807, 2.05) is 31.2 Å². The van der Waals surface area contributed by atoms with Gasteiger partial charge in [0, 0.05) is 6.61 Å². The second-order valence-electron chi connectivity index (χ2n) is 7.97. The number of nitrogens with zero attached hydrogens (tertiary/aromatic N) is 1. The third-order valence-electron chi connectivity index (χ3n) is 5.63. The van der Waals surface area contributed by atoms with E-state index in [2.05, 4.69) is 35.2 Å². The van der Waals surface area contributed by atoms with Crippen molar-refractivity contribution in [2.45, 2.75) is 51.2 Å². The molecule has 1 heterocycles. The van der Waals surface area contributed by atoms with Crippen LogP contribution in [0.5, 0.6) is 5.75 Å². The van der Waals surface area contributed by atoms with Gasteiger partial charge in [0.25, 0.3) is 0 Å². The van der Waals surface area contributed by atoms with Crippen LogP contribution in [-0.2, 0) is 22.4 Å². The highest BCUT2D eigenvalue weighted by Crippen LogP contribution is 2.21. The summed E-state index contributed by atoms with van der Waals surface area (Å²) in [5.74, 6) is 0.140. The lowest BCUT2D eigenvalue weighted by Crippen LogP contribution is -2.40. The minimum Gasteiger partial charge on any atom is -0.491 e. The number of rotatable bonds is 12. The Morgan fingerprint density at radius 1 is 1.03 bits per heavy atom. The van der Waals surface area contributed by atoms with E-state index in [0.717, 1.165) is 44.5 Å². The van der Waals surface area contributed by atoms with Crippen molar-refractivity contribution >= 4 is 5.97 Å². The zero-order chi connectivity index (χ0) is 21.2. The third kappa shape index (κ3) is 6.85. The van der Waals surface area contributed by atoms with Crippen molar-refractivity contribution in [1.29, 1.82) is 0 Å². The molecule has 0 spiro atoms. The Morgan fingerprint density at radius 3 is 2.47 bits per heavy atom. The van der Waals surface area contributed by atoms with Gasteiger partial charge in [0.1, 0.15) is 18.4 Å². The number of aryl methyl sites for hydroxylation is 2. The normalized spacial score (nSPS) is 16.3. The van der Waals surface area contributed by atoms with Gasteiger partial charge in [-0.05, 0) is 69.3 Å². The average Bonchev–Trinajstić information content (AvgIpc) is 3.29. The predicted octanol–water partition coefficient (Wildman–Crippen LogP) is 4.19. The van der Waals surface area contributed by atoms with Gasteiger partial charge in [0.2, 0.25) is 0 Å². The van der Waals surface area contributed by atoms with Crippen LogP contribution in [0.15, 0.2) is 54.6 Å². The first kappa shape index (κ1) is 22.3. The summed E-state index contributed by atoms with van der Waals surface area (Å²) >= 11 is 0. The Balaban J connectivity index is 1.43. The number of aliphatic carboxylic acids is 1. The highest BCUT2D eigenvalue weighted by atomic mass is 16.5. The van der Waals surface area contributed by atoms with Gasteiger partial charge in [-0.1, -0.05) is 48.5 Å². The molecule has 1 aliphatic heterocycles. The molecule has 0 radical (unpaired) electrons. The summed E-state index contributed by atoms with van der Waals surface area (Å²) in [5, 5.41) is 9.49. The van der Waals surface area contributed by atoms with Gasteiger partial charge in [-0.3, -0.25) is 9.69 Å². The van der Waals surface area contributed by atoms with Crippen molar-refractivity contribution in [2.75, 3.05) is 26.3 Å². The van der Waals surface area contributed by atoms with Crippen molar-refractivity contribution in [3.8, 4) is 5.75 Å². The van der Waals surface area contributed by atoms with Gasteiger partial charge in [-0.25, -0.2) is 0 Å². The maximum Gasteiger partial charge on any atom is 0.321 e. The molecule has 30 heavy (non-hydrogen) atoms. The van der Waals surface area contributed by atoms with Crippen LogP contribution in [-0.4, -0.2) is 54.4 Å². The van der Waals surface area contributed by atoms with Crippen LogP contribution in [0, 0.1) is 0 Å². The molecule has 162 valence electrons. The summed E-state index contributed by atoms with van der Waals surface area (Å²) in [5.41, 5.74) is 2.50. The van der Waals surface area contributed by atoms with Crippen molar-refractivity contribution in [1.82, 2.24) is 4.90 Å². The molecule has 2 atom stereocenters. The molecule has 0 saturated carbocycles. The van der Waals surface area contributed by atoms with Gasteiger partial charge in [0.05, 0.1) is 6.10 Å². The lowest BCUT2D eigenvalue weighted by atomic mass is 10.0. The van der Waals surface area contributed by atoms with E-state index in [-0.39, 0.29) is 6.10 Å². The van der Waals surface area contributed by atoms with Gasteiger partial charge in [-0.2, -0.15) is 0 Å². The molecular weight excluding hydrogens is 378 g/mol. The zero-order valence-corrected chi connectivity index (χ0v) is 17.8. The fourth-order valence-corrected chi connectivity index (χ4v) is 3.93. The molecule has 3 rings (SSSR count). The van der Waals surface area contributed by atoms with Gasteiger partial charge in [0.15, 0.2) is 0 Å². The number of benzene rings is 2. The smallest absolute Gasteiger partial charge is 0.321 e. The number of hydrogen-bond donors (Lipinski definition) is 1. The van der Waals surface area contributed by atoms with Gasteiger partial charge >= 0.3 is 5.97 Å². The fraction of sp³-hybridized carbons (Fsp3) is 0.480. The fourth-order valence-electron chi connectivity index (χ4n) is 3.93. The van der Waals surface area contributed by atoms with Crippen LogP contribution >= 0.6 is 0 Å². The number of hydrogen-bond acceptors (Lipinski definition) is 4. The minimum atomic E-state index is -0.753. The van der Waals surface area contributed by atoms with E-state index in [9.17, 15) is 9.90 Å². The number of carbonyl (C=O) groups is 1. The van der Waals surface area contributed by atoms with Crippen molar-refractivity contribution in [2.24, 2.45) is 0 Å². The molecule has 2 unspecified atom stereocenters. The van der Waals surface area contributed by atoms with Gasteiger partial charge < -0.3 is 14.6 Å². The first-order valence-electron chi connectivity index (χ1n) is 11.0. The Kier molecular flexibility index (Phi) is 8.72. The number of ether oxygens (including phenoxy) is 2. The molecule has 1 N–H and O–H groups in total. The molecule has 0 aliphatic carbocycles. The summed E-state index contributed by atoms with van der Waals surface area (Å²) in [6.45, 7) is 4.58. The molecule has 1 fully saturated rings. The molecule has 2 aromatic carbocycles. The maximum absolute atomic E-state index is 11.6. The van der Waals surface area contributed by atoms with Gasteiger partial charge in [-0.15, -0.1) is 0 Å². The van der Waals surface area contributed by atoms with E-state index >= 15 is 0 Å². The number of carboxylic acid groups (broad SMARTS) is 1. The molecule has 0 amide bonds. The highest BCUT2D eigenvalue weighted by molar-refractivity contribution is 5.73. The molecule has 0 aromatic heterocycles. The van der Waals surface area contributed by atoms with Crippen LogP contribution in [0.3, 0.4) is 0 Å².